The molecule has 1 amide bonds. The van der Waals surface area contributed by atoms with E-state index >= 15 is 0 Å². The maximum atomic E-state index is 13.2. The fraction of sp³-hybridized carbons (Fsp3) is 0.462. The lowest BCUT2D eigenvalue weighted by atomic mass is 9.96. The molecule has 196 valence electrons. The van der Waals surface area contributed by atoms with Crippen LogP contribution in [-0.2, 0) is 4.79 Å². The van der Waals surface area contributed by atoms with Crippen molar-refractivity contribution in [3.8, 4) is 10.9 Å². The molecule has 2 heterocycles. The van der Waals surface area contributed by atoms with Crippen LogP contribution >= 0.6 is 22.9 Å². The monoisotopic (exact) mass is 534 g/mol. The topological polar surface area (TPSA) is 106 Å². The van der Waals surface area contributed by atoms with Crippen LogP contribution in [0.3, 0.4) is 0 Å². The van der Waals surface area contributed by atoms with Crippen molar-refractivity contribution < 1.29 is 19.4 Å². The number of aliphatic hydroxyl groups is 1. The lowest BCUT2D eigenvalue weighted by Gasteiger charge is -2.14. The van der Waals surface area contributed by atoms with Gasteiger partial charge >= 0.3 is 0 Å². The van der Waals surface area contributed by atoms with Crippen LogP contribution in [0.1, 0.15) is 64.9 Å². The van der Waals surface area contributed by atoms with Crippen molar-refractivity contribution in [2.45, 2.75) is 65.4 Å². The second kappa shape index (κ2) is 15.4. The van der Waals surface area contributed by atoms with Crippen molar-refractivity contribution >= 4 is 39.5 Å². The first kappa shape index (κ1) is 29.5. The first-order chi connectivity index (χ1) is 17.3. The molecule has 1 fully saturated rings. The number of nitrogens with zero attached hydrogens (tertiary/aromatic N) is 3. The van der Waals surface area contributed by atoms with E-state index in [0.717, 1.165) is 42.6 Å². The molecule has 0 spiro atoms. The molecule has 1 aliphatic rings. The Labute approximate surface area is 222 Å². The lowest BCUT2D eigenvalue weighted by molar-refractivity contribution is -0.112. The second-order valence-corrected chi connectivity index (χ2v) is 9.74. The highest BCUT2D eigenvalue weighted by Gasteiger charge is 2.19. The minimum atomic E-state index is -0.330. The molecule has 2 aromatic heterocycles. The summed E-state index contributed by atoms with van der Waals surface area (Å²) in [7, 11) is 3.05. The SMILES string of the molecule is CCC/C=C/C(C(=O)Nc1nnc(OC)s1)=C(\C=C(C)C)c1cc(Cl)ncc1OC.OC1CCCC1. The molecule has 36 heavy (non-hydrogen) atoms. The number of aromatic nitrogens is 3. The highest BCUT2D eigenvalue weighted by Crippen LogP contribution is 2.33. The number of halogens is 1. The molecule has 2 aromatic rings. The zero-order chi connectivity index (χ0) is 26.5. The molecule has 3 rings (SSSR count). The number of carbonyl (C=O) groups is 1. The van der Waals surface area contributed by atoms with E-state index in [9.17, 15) is 4.79 Å². The largest absolute Gasteiger partial charge is 0.494 e. The Kier molecular flexibility index (Phi) is 12.6. The number of pyridine rings is 1. The van der Waals surface area contributed by atoms with Crippen LogP contribution in [0.25, 0.3) is 5.57 Å². The zero-order valence-electron chi connectivity index (χ0n) is 21.5. The summed E-state index contributed by atoms with van der Waals surface area (Å²) >= 11 is 7.30. The first-order valence-electron chi connectivity index (χ1n) is 11.9. The third-order valence-corrected chi connectivity index (χ3v) is 6.18. The van der Waals surface area contributed by atoms with Crippen LogP contribution in [0.15, 0.2) is 41.6 Å². The summed E-state index contributed by atoms with van der Waals surface area (Å²) < 4.78 is 10.5. The van der Waals surface area contributed by atoms with E-state index < -0.39 is 0 Å². The Hall–Kier alpha value is -2.75. The Balaban J connectivity index is 0.000000662. The molecular weight excluding hydrogens is 500 g/mol. The average Bonchev–Trinajstić information content (AvgIpc) is 3.52. The van der Waals surface area contributed by atoms with E-state index in [0.29, 0.717) is 37.9 Å². The van der Waals surface area contributed by atoms with Gasteiger partial charge in [0.25, 0.3) is 11.1 Å². The van der Waals surface area contributed by atoms with Gasteiger partial charge in [-0.1, -0.05) is 66.7 Å². The van der Waals surface area contributed by atoms with E-state index in [1.54, 1.807) is 19.3 Å². The van der Waals surface area contributed by atoms with Gasteiger partial charge in [-0.25, -0.2) is 4.98 Å². The molecule has 0 unspecified atom stereocenters. The second-order valence-electron chi connectivity index (χ2n) is 8.42. The quantitative estimate of drug-likeness (QED) is 0.223. The van der Waals surface area contributed by atoms with Gasteiger partial charge in [0.15, 0.2) is 0 Å². The number of ether oxygens (including phenoxy) is 2. The smallest absolute Gasteiger partial charge is 0.295 e. The molecule has 0 saturated heterocycles. The van der Waals surface area contributed by atoms with E-state index in [1.807, 2.05) is 26.0 Å². The van der Waals surface area contributed by atoms with Crippen LogP contribution in [0.2, 0.25) is 5.15 Å². The number of hydrogen-bond donors (Lipinski definition) is 2. The maximum Gasteiger partial charge on any atom is 0.295 e. The van der Waals surface area contributed by atoms with Crippen LogP contribution in [0.4, 0.5) is 5.13 Å². The van der Waals surface area contributed by atoms with E-state index in [4.69, 9.17) is 26.2 Å². The molecule has 0 radical (unpaired) electrons. The van der Waals surface area contributed by atoms with Crippen molar-refractivity contribution in [1.29, 1.82) is 0 Å². The van der Waals surface area contributed by atoms with E-state index in [1.165, 1.54) is 26.1 Å². The van der Waals surface area contributed by atoms with Crippen molar-refractivity contribution in [3.63, 3.8) is 0 Å². The molecule has 2 N–H and O–H groups in total. The Morgan fingerprint density at radius 1 is 1.25 bits per heavy atom. The summed E-state index contributed by atoms with van der Waals surface area (Å²) in [6, 6.07) is 1.68. The Morgan fingerprint density at radius 2 is 1.97 bits per heavy atom. The summed E-state index contributed by atoms with van der Waals surface area (Å²) in [5.74, 6) is 0.183. The number of methoxy groups -OCH3 is 2. The summed E-state index contributed by atoms with van der Waals surface area (Å²) in [6.07, 6.45) is 13.6. The predicted octanol–water partition coefficient (Wildman–Crippen LogP) is 6.24. The molecule has 1 aliphatic carbocycles. The zero-order valence-corrected chi connectivity index (χ0v) is 23.1. The molecule has 0 atom stereocenters. The highest BCUT2D eigenvalue weighted by atomic mass is 35.5. The molecular formula is C26H35ClN4O4S. The lowest BCUT2D eigenvalue weighted by Crippen LogP contribution is -2.15. The number of allylic oxidation sites excluding steroid dienone is 4. The van der Waals surface area contributed by atoms with Gasteiger partial charge in [0.2, 0.25) is 5.13 Å². The van der Waals surface area contributed by atoms with Crippen LogP contribution in [-0.4, -0.2) is 46.5 Å². The number of carbonyl (C=O) groups excluding carboxylic acids is 1. The number of unbranched alkanes of at least 4 members (excludes halogenated alkanes) is 1. The number of rotatable bonds is 9. The van der Waals surface area contributed by atoms with E-state index in [2.05, 4.69) is 27.4 Å². The number of amides is 1. The standard InChI is InChI=1S/C21H25ClN4O3S.C5H10O/c1-6-7-8-9-14(19(27)24-20-25-26-21(29-5)30-20)15(10-13(2)3)16-11-18(22)23-12-17(16)28-4;6-5-3-1-2-4-5/h8-12H,6-7H2,1-5H3,(H,24,25,27);5-6H,1-4H2/b9-8+,15-14-;. The fourth-order valence-electron chi connectivity index (χ4n) is 3.45. The van der Waals surface area contributed by atoms with Crippen molar-refractivity contribution in [1.82, 2.24) is 15.2 Å². The summed E-state index contributed by atoms with van der Waals surface area (Å²) in [6.45, 7) is 5.98. The van der Waals surface area contributed by atoms with Gasteiger partial charge in [-0.15, -0.1) is 5.10 Å². The third kappa shape index (κ3) is 9.37. The molecule has 10 heteroatoms. The van der Waals surface area contributed by atoms with Gasteiger partial charge in [0.1, 0.15) is 10.9 Å². The summed E-state index contributed by atoms with van der Waals surface area (Å²) in [5.41, 5.74) is 2.78. The van der Waals surface area contributed by atoms with Gasteiger partial charge in [-0.2, -0.15) is 0 Å². The van der Waals surface area contributed by atoms with Crippen LogP contribution in [0.5, 0.6) is 10.9 Å². The normalized spacial score (nSPS) is 14.1. The Bertz CT molecular complexity index is 1090. The number of nitrogens with one attached hydrogen (secondary N) is 1. The molecule has 8 nitrogen and oxygen atoms in total. The number of anilines is 1. The Morgan fingerprint density at radius 3 is 2.50 bits per heavy atom. The van der Waals surface area contributed by atoms with Crippen LogP contribution in [0, 0.1) is 0 Å². The minimum Gasteiger partial charge on any atom is -0.494 e. The van der Waals surface area contributed by atoms with Crippen molar-refractivity contribution in [2.24, 2.45) is 0 Å². The average molecular weight is 535 g/mol. The van der Waals surface area contributed by atoms with Crippen molar-refractivity contribution in [2.75, 3.05) is 19.5 Å². The summed E-state index contributed by atoms with van der Waals surface area (Å²) in [5, 5.41) is 20.3. The molecule has 0 bridgehead atoms. The van der Waals surface area contributed by atoms with Gasteiger partial charge in [0, 0.05) is 11.1 Å². The summed E-state index contributed by atoms with van der Waals surface area (Å²) in [4.78, 5) is 17.3. The third-order valence-electron chi connectivity index (χ3n) is 5.18. The minimum absolute atomic E-state index is 0.0463. The molecule has 1 saturated carbocycles. The van der Waals surface area contributed by atoms with Gasteiger partial charge in [-0.3, -0.25) is 10.1 Å². The predicted molar refractivity (Wildman–Crippen MR) is 146 cm³/mol. The van der Waals surface area contributed by atoms with Crippen LogP contribution < -0.4 is 14.8 Å². The molecule has 0 aliphatic heterocycles. The molecule has 0 aromatic carbocycles. The van der Waals surface area contributed by atoms with E-state index in [-0.39, 0.29) is 12.0 Å². The number of hydrogen-bond acceptors (Lipinski definition) is 8. The van der Waals surface area contributed by atoms with Gasteiger partial charge in [0.05, 0.1) is 26.5 Å². The van der Waals surface area contributed by atoms with Crippen molar-refractivity contribution in [3.05, 3.63) is 52.4 Å². The fourth-order valence-corrected chi connectivity index (χ4v) is 4.16. The van der Waals surface area contributed by atoms with Gasteiger partial charge in [-0.05, 0) is 56.1 Å². The van der Waals surface area contributed by atoms with Gasteiger partial charge < -0.3 is 14.6 Å². The number of aliphatic hydroxyl groups excluding tert-OH is 1. The maximum absolute atomic E-state index is 13.2. The first-order valence-corrected chi connectivity index (χ1v) is 13.1. The highest BCUT2D eigenvalue weighted by molar-refractivity contribution is 7.17.